The summed E-state index contributed by atoms with van der Waals surface area (Å²) in [6.07, 6.45) is -0.0651. The summed E-state index contributed by atoms with van der Waals surface area (Å²) in [5, 5.41) is 13.9. The average Bonchev–Trinajstić information content (AvgIpc) is 3.18. The number of fused-ring (bicyclic) bond motifs is 1. The van der Waals surface area contributed by atoms with Gasteiger partial charge in [0.25, 0.3) is 0 Å². The number of aliphatic hydroxyl groups is 1. The molecule has 0 amide bonds. The Kier molecular flexibility index (Phi) is 3.08. The molecule has 3 heterocycles. The van der Waals surface area contributed by atoms with Gasteiger partial charge in [0.15, 0.2) is 11.6 Å². The Hall–Kier alpha value is -2.48. The lowest BCUT2D eigenvalue weighted by Crippen LogP contribution is -2.27. The van der Waals surface area contributed by atoms with Crippen LogP contribution in [0.2, 0.25) is 0 Å². The minimum atomic E-state index is -0.531. The van der Waals surface area contributed by atoms with Crippen molar-refractivity contribution in [1.82, 2.24) is 19.7 Å². The Morgan fingerprint density at radius 2 is 2.17 bits per heavy atom. The molecule has 1 aromatic carbocycles. The number of β-amino-alcohol motifs (C(OH)–C–C–N with tert-alkyl or cyclic N) is 1. The van der Waals surface area contributed by atoms with Crippen molar-refractivity contribution in [2.24, 2.45) is 7.05 Å². The van der Waals surface area contributed by atoms with Crippen molar-refractivity contribution in [2.75, 3.05) is 11.4 Å². The van der Waals surface area contributed by atoms with Gasteiger partial charge in [0.05, 0.1) is 11.6 Å². The van der Waals surface area contributed by atoms with Gasteiger partial charge < -0.3 is 19.1 Å². The smallest absolute Gasteiger partial charge is 0.249 e. The maximum Gasteiger partial charge on any atom is 0.249 e. The average molecular weight is 317 g/mol. The molecule has 0 saturated carbocycles. The molecule has 2 aromatic heterocycles. The van der Waals surface area contributed by atoms with E-state index in [1.54, 1.807) is 13.0 Å². The van der Waals surface area contributed by atoms with Gasteiger partial charge in [-0.25, -0.2) is 9.37 Å². The summed E-state index contributed by atoms with van der Waals surface area (Å²) in [4.78, 5) is 10.6. The van der Waals surface area contributed by atoms with E-state index in [-0.39, 0.29) is 11.9 Å². The van der Waals surface area contributed by atoms with E-state index in [0.717, 1.165) is 0 Å². The number of nitrogens with zero attached hydrogens (tertiary/aromatic N) is 5. The number of rotatable bonds is 2. The largest absolute Gasteiger partial charge is 0.391 e. The van der Waals surface area contributed by atoms with Crippen molar-refractivity contribution < 1.29 is 14.0 Å². The molecular formula is C15H16FN5O2. The van der Waals surface area contributed by atoms with Gasteiger partial charge in [0.1, 0.15) is 11.6 Å². The number of hydrogen-bond donors (Lipinski definition) is 1. The highest BCUT2D eigenvalue weighted by molar-refractivity contribution is 5.79. The molecule has 0 aliphatic carbocycles. The van der Waals surface area contributed by atoms with Gasteiger partial charge in [0.2, 0.25) is 11.8 Å². The van der Waals surface area contributed by atoms with Crippen LogP contribution in [0.15, 0.2) is 22.7 Å². The van der Waals surface area contributed by atoms with E-state index in [9.17, 15) is 9.50 Å². The Bertz CT molecular complexity index is 874. The van der Waals surface area contributed by atoms with Crippen LogP contribution < -0.4 is 4.90 Å². The third kappa shape index (κ3) is 2.17. The molecule has 23 heavy (non-hydrogen) atoms. The fraction of sp³-hybridized carbons (Fsp3) is 0.400. The lowest BCUT2D eigenvalue weighted by atomic mass is 10.2. The molecule has 1 aliphatic heterocycles. The molecule has 2 atom stereocenters. The van der Waals surface area contributed by atoms with Crippen LogP contribution in [0.1, 0.15) is 24.2 Å². The summed E-state index contributed by atoms with van der Waals surface area (Å²) in [5.41, 5.74) is 1.01. The zero-order chi connectivity index (χ0) is 16.1. The monoisotopic (exact) mass is 317 g/mol. The second-order valence-corrected chi connectivity index (χ2v) is 5.82. The Morgan fingerprint density at radius 1 is 1.35 bits per heavy atom. The zero-order valence-electron chi connectivity index (χ0n) is 12.8. The SMILES string of the molecule is Cc1noc([C@H]2C[C@@H](O)CN2c2nc3c(F)cccc3n2C)n1. The fourth-order valence-corrected chi connectivity index (χ4v) is 3.14. The first-order valence-electron chi connectivity index (χ1n) is 7.40. The topological polar surface area (TPSA) is 80.2 Å². The molecule has 1 fully saturated rings. The summed E-state index contributed by atoms with van der Waals surface area (Å²) in [5.74, 6) is 1.18. The summed E-state index contributed by atoms with van der Waals surface area (Å²) < 4.78 is 21.1. The van der Waals surface area contributed by atoms with E-state index in [2.05, 4.69) is 15.1 Å². The number of aryl methyl sites for hydroxylation is 2. The fourth-order valence-electron chi connectivity index (χ4n) is 3.14. The number of aliphatic hydroxyl groups excluding tert-OH is 1. The van der Waals surface area contributed by atoms with E-state index >= 15 is 0 Å². The van der Waals surface area contributed by atoms with Crippen molar-refractivity contribution >= 4 is 17.0 Å². The summed E-state index contributed by atoms with van der Waals surface area (Å²) >= 11 is 0. The van der Waals surface area contributed by atoms with E-state index in [1.165, 1.54) is 6.07 Å². The zero-order valence-corrected chi connectivity index (χ0v) is 12.8. The van der Waals surface area contributed by atoms with Gasteiger partial charge in [-0.3, -0.25) is 0 Å². The van der Waals surface area contributed by atoms with Gasteiger partial charge in [-0.15, -0.1) is 0 Å². The van der Waals surface area contributed by atoms with E-state index in [4.69, 9.17) is 4.52 Å². The third-order valence-electron chi connectivity index (χ3n) is 4.20. The lowest BCUT2D eigenvalue weighted by molar-refractivity contribution is 0.191. The van der Waals surface area contributed by atoms with Gasteiger partial charge in [-0.2, -0.15) is 4.98 Å². The van der Waals surface area contributed by atoms with Gasteiger partial charge in [-0.1, -0.05) is 11.2 Å². The van der Waals surface area contributed by atoms with Crippen LogP contribution in [0.3, 0.4) is 0 Å². The van der Waals surface area contributed by atoms with Crippen LogP contribution in [-0.2, 0) is 7.05 Å². The predicted octanol–water partition coefficient (Wildman–Crippen LogP) is 1.72. The maximum atomic E-state index is 14.0. The lowest BCUT2D eigenvalue weighted by Gasteiger charge is -2.22. The Morgan fingerprint density at radius 3 is 2.87 bits per heavy atom. The minimum absolute atomic E-state index is 0.273. The quantitative estimate of drug-likeness (QED) is 0.775. The van der Waals surface area contributed by atoms with Crippen molar-refractivity contribution in [1.29, 1.82) is 0 Å². The highest BCUT2D eigenvalue weighted by atomic mass is 19.1. The first kappa shape index (κ1) is 14.1. The second kappa shape index (κ2) is 5.02. The number of imidazole rings is 1. The third-order valence-corrected chi connectivity index (χ3v) is 4.20. The number of anilines is 1. The number of benzene rings is 1. The van der Waals surface area contributed by atoms with Crippen LogP contribution in [0.25, 0.3) is 11.0 Å². The minimum Gasteiger partial charge on any atom is -0.391 e. The first-order chi connectivity index (χ1) is 11.0. The number of aromatic nitrogens is 4. The number of hydrogen-bond acceptors (Lipinski definition) is 6. The molecule has 0 spiro atoms. The van der Waals surface area contributed by atoms with E-state index in [1.807, 2.05) is 22.6 Å². The van der Waals surface area contributed by atoms with Crippen molar-refractivity contribution in [3.05, 3.63) is 35.7 Å². The predicted molar refractivity (Wildman–Crippen MR) is 80.4 cm³/mol. The molecule has 8 heteroatoms. The highest BCUT2D eigenvalue weighted by Gasteiger charge is 2.38. The molecule has 120 valence electrons. The van der Waals surface area contributed by atoms with E-state index < -0.39 is 6.10 Å². The van der Waals surface area contributed by atoms with Gasteiger partial charge in [-0.05, 0) is 19.1 Å². The standard InChI is InChI=1S/C15H16FN5O2/c1-8-17-14(23-19-8)12-6-9(22)7-21(12)15-18-13-10(16)4-3-5-11(13)20(15)2/h3-5,9,12,22H,6-7H2,1-2H3/t9-,12-/m1/s1. The summed E-state index contributed by atoms with van der Waals surface area (Å²) in [7, 11) is 1.82. The van der Waals surface area contributed by atoms with Crippen LogP contribution in [0.5, 0.6) is 0 Å². The molecule has 0 unspecified atom stereocenters. The van der Waals surface area contributed by atoms with Crippen LogP contribution in [0.4, 0.5) is 10.3 Å². The molecule has 1 saturated heterocycles. The van der Waals surface area contributed by atoms with Crippen LogP contribution in [0, 0.1) is 12.7 Å². The number of halogens is 1. The molecule has 1 aliphatic rings. The molecule has 3 aromatic rings. The summed E-state index contributed by atoms with van der Waals surface area (Å²) in [6.45, 7) is 2.12. The second-order valence-electron chi connectivity index (χ2n) is 5.82. The van der Waals surface area contributed by atoms with Gasteiger partial charge in [0, 0.05) is 20.0 Å². The first-order valence-corrected chi connectivity index (χ1v) is 7.40. The Labute approximate surface area is 131 Å². The highest BCUT2D eigenvalue weighted by Crippen LogP contribution is 2.36. The number of para-hydroxylation sites is 1. The van der Waals surface area contributed by atoms with Crippen molar-refractivity contribution in [3.63, 3.8) is 0 Å². The molecule has 0 radical (unpaired) electrons. The van der Waals surface area contributed by atoms with Crippen LogP contribution in [-0.4, -0.2) is 37.4 Å². The summed E-state index contributed by atoms with van der Waals surface area (Å²) in [6, 6.07) is 4.58. The molecular weight excluding hydrogens is 301 g/mol. The normalized spacial score (nSPS) is 21.5. The molecule has 7 nitrogen and oxygen atoms in total. The van der Waals surface area contributed by atoms with Gasteiger partial charge >= 0.3 is 0 Å². The van der Waals surface area contributed by atoms with Crippen LogP contribution >= 0.6 is 0 Å². The Balaban J connectivity index is 1.82. The van der Waals surface area contributed by atoms with Crippen molar-refractivity contribution in [3.8, 4) is 0 Å². The van der Waals surface area contributed by atoms with E-state index in [0.29, 0.717) is 41.7 Å². The molecule has 4 rings (SSSR count). The molecule has 1 N–H and O–H groups in total. The molecule has 0 bridgehead atoms. The van der Waals surface area contributed by atoms with Crippen molar-refractivity contribution in [2.45, 2.75) is 25.5 Å². The maximum absolute atomic E-state index is 14.0.